The lowest BCUT2D eigenvalue weighted by molar-refractivity contribution is -0.143. The number of likely N-dealkylation sites (tertiary alicyclic amines) is 1. The summed E-state index contributed by atoms with van der Waals surface area (Å²) in [4.78, 5) is 14.3. The van der Waals surface area contributed by atoms with E-state index in [2.05, 4.69) is 15.7 Å². The van der Waals surface area contributed by atoms with Crippen LogP contribution in [0.5, 0.6) is 0 Å². The van der Waals surface area contributed by atoms with Crippen molar-refractivity contribution in [1.82, 2.24) is 20.0 Å². The van der Waals surface area contributed by atoms with E-state index in [0.717, 1.165) is 36.2 Å². The Balaban J connectivity index is 1.38. The molecule has 3 aromatic rings. The molecule has 0 saturated carbocycles. The van der Waals surface area contributed by atoms with E-state index >= 15 is 0 Å². The molecule has 6 nitrogen and oxygen atoms in total. The first-order chi connectivity index (χ1) is 16.8. The summed E-state index contributed by atoms with van der Waals surface area (Å²) in [5, 5.41) is 10.4. The second-order valence-corrected chi connectivity index (χ2v) is 9.02. The number of halogens is 4. The number of nitrogens with zero attached hydrogens (tertiary/aromatic N) is 3. The molecule has 2 aromatic carbocycles. The number of fused-ring (bicyclic) bond motifs is 1. The monoisotopic (exact) mass is 487 g/mol. The number of hydrogen-bond donors (Lipinski definition) is 2. The number of aryl methyl sites for hydroxylation is 1. The van der Waals surface area contributed by atoms with Gasteiger partial charge in [-0.15, -0.1) is 0 Å². The first-order valence-electron chi connectivity index (χ1n) is 11.6. The average Bonchev–Trinajstić information content (AvgIpc) is 3.50. The lowest BCUT2D eigenvalue weighted by Crippen LogP contribution is -2.43. The zero-order chi connectivity index (χ0) is 24.6. The summed E-state index contributed by atoms with van der Waals surface area (Å²) in [6, 6.07) is 14.1. The molecule has 35 heavy (non-hydrogen) atoms. The molecular formula is C25H25F4N5O. The van der Waals surface area contributed by atoms with Crippen LogP contribution in [0.15, 0.2) is 54.6 Å². The van der Waals surface area contributed by atoms with E-state index in [1.165, 1.54) is 17.0 Å². The summed E-state index contributed by atoms with van der Waals surface area (Å²) >= 11 is 0. The van der Waals surface area contributed by atoms with Gasteiger partial charge in [0.2, 0.25) is 0 Å². The van der Waals surface area contributed by atoms with Crippen LogP contribution in [0.3, 0.4) is 0 Å². The molecule has 5 rings (SSSR count). The van der Waals surface area contributed by atoms with Gasteiger partial charge in [-0.1, -0.05) is 36.4 Å². The molecule has 2 aliphatic rings. The van der Waals surface area contributed by atoms with E-state index in [9.17, 15) is 22.4 Å². The number of rotatable bonds is 5. The molecule has 2 amide bonds. The van der Waals surface area contributed by atoms with E-state index in [1.807, 2.05) is 30.3 Å². The van der Waals surface area contributed by atoms with Crippen LogP contribution in [0.1, 0.15) is 29.2 Å². The number of nitrogens with one attached hydrogen (secondary N) is 2. The van der Waals surface area contributed by atoms with Crippen LogP contribution in [-0.4, -0.2) is 52.6 Å². The summed E-state index contributed by atoms with van der Waals surface area (Å²) in [6.45, 7) is -1.17. The topological polar surface area (TPSA) is 62.2 Å². The van der Waals surface area contributed by atoms with Gasteiger partial charge in [-0.2, -0.15) is 18.3 Å². The first kappa shape index (κ1) is 23.3. The number of benzene rings is 2. The number of urea groups is 1. The quantitative estimate of drug-likeness (QED) is 0.515. The van der Waals surface area contributed by atoms with Gasteiger partial charge in [0.05, 0.1) is 24.0 Å². The Morgan fingerprint density at radius 1 is 1.03 bits per heavy atom. The minimum absolute atomic E-state index is 0.0112. The fourth-order valence-electron chi connectivity index (χ4n) is 5.09. The van der Waals surface area contributed by atoms with Crippen LogP contribution >= 0.6 is 0 Å². The highest BCUT2D eigenvalue weighted by atomic mass is 19.4. The van der Waals surface area contributed by atoms with Gasteiger partial charge in [-0.3, -0.25) is 10.2 Å². The van der Waals surface area contributed by atoms with Gasteiger partial charge in [-0.25, -0.2) is 13.9 Å². The molecule has 2 N–H and O–H groups in total. The Labute approximate surface area is 199 Å². The largest absolute Gasteiger partial charge is 0.401 e. The second kappa shape index (κ2) is 9.33. The molecule has 1 aliphatic heterocycles. The molecule has 0 spiro atoms. The molecule has 1 saturated heterocycles. The summed E-state index contributed by atoms with van der Waals surface area (Å²) in [6.07, 6.45) is -1.86. The molecular weight excluding hydrogens is 462 g/mol. The molecule has 2 atom stereocenters. The summed E-state index contributed by atoms with van der Waals surface area (Å²) in [5.41, 5.74) is 2.96. The minimum atomic E-state index is -4.39. The predicted molar refractivity (Wildman–Crippen MR) is 123 cm³/mol. The standard InChI is InChI=1S/C25H25F4N5O/c26-20-11-5-4-9-17(20)19-13-33(15-25(27,28)29)14-22(19)30-24(35)31-23-18-10-6-12-21(18)32-34(23)16-7-2-1-3-8-16/h1-5,7-9,11,19,22H,6,10,12-15H2,(H2,30,31,35)/t19-,22+/m1/s1. The third kappa shape index (κ3) is 5.02. The number of hydrogen-bond acceptors (Lipinski definition) is 3. The van der Waals surface area contributed by atoms with Gasteiger partial charge in [0.25, 0.3) is 0 Å². The number of alkyl halides is 3. The summed E-state index contributed by atoms with van der Waals surface area (Å²) in [5.74, 6) is -0.568. The van der Waals surface area contributed by atoms with Crippen molar-refractivity contribution in [2.75, 3.05) is 25.0 Å². The van der Waals surface area contributed by atoms with E-state index in [0.29, 0.717) is 5.82 Å². The highest BCUT2D eigenvalue weighted by molar-refractivity contribution is 5.90. The number of anilines is 1. The van der Waals surface area contributed by atoms with Gasteiger partial charge in [0.1, 0.15) is 11.6 Å². The second-order valence-electron chi connectivity index (χ2n) is 9.02. The van der Waals surface area contributed by atoms with Gasteiger partial charge in [0, 0.05) is 24.6 Å². The Morgan fingerprint density at radius 2 is 1.77 bits per heavy atom. The molecule has 1 aromatic heterocycles. The van der Waals surface area contributed by atoms with Gasteiger partial charge in [-0.05, 0) is 43.0 Å². The Hall–Kier alpha value is -3.40. The number of aromatic nitrogens is 2. The van der Waals surface area contributed by atoms with Crippen molar-refractivity contribution in [3.8, 4) is 5.69 Å². The highest BCUT2D eigenvalue weighted by Crippen LogP contribution is 2.33. The van der Waals surface area contributed by atoms with Crippen LogP contribution in [-0.2, 0) is 12.8 Å². The fourth-order valence-corrected chi connectivity index (χ4v) is 5.09. The number of amides is 2. The minimum Gasteiger partial charge on any atom is -0.333 e. The van der Waals surface area contributed by atoms with Crippen molar-refractivity contribution in [1.29, 1.82) is 0 Å². The fraction of sp³-hybridized carbons (Fsp3) is 0.360. The molecule has 0 bridgehead atoms. The Kier molecular flexibility index (Phi) is 6.22. The lowest BCUT2D eigenvalue weighted by atomic mass is 9.94. The molecule has 10 heteroatoms. The number of carbonyl (C=O) groups is 1. The molecule has 184 valence electrons. The van der Waals surface area contributed by atoms with Crippen LogP contribution in [0.25, 0.3) is 5.69 Å². The Bertz CT molecular complexity index is 1210. The van der Waals surface area contributed by atoms with Gasteiger partial charge in [0.15, 0.2) is 0 Å². The van der Waals surface area contributed by atoms with E-state index in [4.69, 9.17) is 0 Å². The zero-order valence-electron chi connectivity index (χ0n) is 18.9. The van der Waals surface area contributed by atoms with E-state index in [-0.39, 0.29) is 18.7 Å². The summed E-state index contributed by atoms with van der Waals surface area (Å²) < 4.78 is 55.4. The van der Waals surface area contributed by atoms with Crippen molar-refractivity contribution in [2.24, 2.45) is 0 Å². The highest BCUT2D eigenvalue weighted by Gasteiger charge is 2.41. The van der Waals surface area contributed by atoms with Gasteiger partial charge >= 0.3 is 12.2 Å². The number of carbonyl (C=O) groups excluding carboxylic acids is 1. The third-order valence-electron chi connectivity index (χ3n) is 6.56. The predicted octanol–water partition coefficient (Wildman–Crippen LogP) is 4.65. The van der Waals surface area contributed by atoms with Crippen molar-refractivity contribution in [3.63, 3.8) is 0 Å². The maximum Gasteiger partial charge on any atom is 0.401 e. The number of para-hydroxylation sites is 1. The van der Waals surface area contributed by atoms with E-state index in [1.54, 1.807) is 16.8 Å². The van der Waals surface area contributed by atoms with Crippen LogP contribution in [0.4, 0.5) is 28.2 Å². The summed E-state index contributed by atoms with van der Waals surface area (Å²) in [7, 11) is 0. The molecule has 0 unspecified atom stereocenters. The Morgan fingerprint density at radius 3 is 2.51 bits per heavy atom. The van der Waals surface area contributed by atoms with Crippen LogP contribution in [0, 0.1) is 5.82 Å². The molecule has 0 radical (unpaired) electrons. The SMILES string of the molecule is O=C(Nc1c2c(nn1-c1ccccc1)CCC2)N[C@H]1CN(CC(F)(F)F)C[C@@H]1c1ccccc1F. The molecule has 1 aliphatic carbocycles. The third-order valence-corrected chi connectivity index (χ3v) is 6.56. The van der Waals surface area contributed by atoms with E-state index < -0.39 is 36.5 Å². The maximum absolute atomic E-state index is 14.5. The van der Waals surface area contributed by atoms with Crippen LogP contribution in [0.2, 0.25) is 0 Å². The smallest absolute Gasteiger partial charge is 0.333 e. The van der Waals surface area contributed by atoms with Gasteiger partial charge < -0.3 is 5.32 Å². The average molecular weight is 488 g/mol. The van der Waals surface area contributed by atoms with Crippen molar-refractivity contribution >= 4 is 11.8 Å². The van der Waals surface area contributed by atoms with Crippen molar-refractivity contribution in [2.45, 2.75) is 37.4 Å². The first-order valence-corrected chi connectivity index (χ1v) is 11.6. The molecule has 2 heterocycles. The maximum atomic E-state index is 14.5. The molecule has 1 fully saturated rings. The van der Waals surface area contributed by atoms with Crippen molar-refractivity contribution in [3.05, 3.63) is 77.2 Å². The van der Waals surface area contributed by atoms with Crippen molar-refractivity contribution < 1.29 is 22.4 Å². The zero-order valence-corrected chi connectivity index (χ0v) is 18.9. The lowest BCUT2D eigenvalue weighted by Gasteiger charge is -2.21. The van der Waals surface area contributed by atoms with Crippen LogP contribution < -0.4 is 10.6 Å². The normalized spacial score (nSPS) is 20.1.